The van der Waals surface area contributed by atoms with Crippen LogP contribution in [0.2, 0.25) is 0 Å². The minimum atomic E-state index is 0.151. The van der Waals surface area contributed by atoms with Gasteiger partial charge in [0.1, 0.15) is 0 Å². The van der Waals surface area contributed by atoms with E-state index in [4.69, 9.17) is 0 Å². The highest BCUT2D eigenvalue weighted by molar-refractivity contribution is 5.96. The number of likely N-dealkylation sites (tertiary alicyclic amines) is 1. The first kappa shape index (κ1) is 15.8. The van der Waals surface area contributed by atoms with Crippen molar-refractivity contribution < 1.29 is 4.79 Å². The maximum absolute atomic E-state index is 12.4. The highest BCUT2D eigenvalue weighted by Gasteiger charge is 2.29. The van der Waals surface area contributed by atoms with Gasteiger partial charge >= 0.3 is 0 Å². The van der Waals surface area contributed by atoms with E-state index in [2.05, 4.69) is 39.4 Å². The lowest BCUT2D eigenvalue weighted by Crippen LogP contribution is -2.32. The van der Waals surface area contributed by atoms with Crippen molar-refractivity contribution in [1.82, 2.24) is 34.9 Å². The number of Topliss-reactive ketones (excluding diaryl/α,β-unsaturated/α-hetero) is 1. The predicted octanol–water partition coefficient (Wildman–Crippen LogP) is 1.22. The molecule has 0 spiro atoms. The monoisotopic (exact) mass is 317 g/mol. The van der Waals surface area contributed by atoms with Crippen LogP contribution in [0.15, 0.2) is 12.4 Å². The van der Waals surface area contributed by atoms with Crippen molar-refractivity contribution in [2.75, 3.05) is 6.54 Å². The summed E-state index contributed by atoms with van der Waals surface area (Å²) in [7, 11) is 1.82. The zero-order chi connectivity index (χ0) is 16.4. The summed E-state index contributed by atoms with van der Waals surface area (Å²) in [6.45, 7) is 5.80. The van der Waals surface area contributed by atoms with Crippen LogP contribution in [0.5, 0.6) is 0 Å². The van der Waals surface area contributed by atoms with Crippen LogP contribution in [-0.2, 0) is 13.6 Å². The number of carbonyl (C=O) groups excluding carboxylic acids is 1. The molecule has 2 aromatic heterocycles. The second-order valence-electron chi connectivity index (χ2n) is 6.43. The number of tetrazole rings is 1. The normalized spacial score (nSPS) is 18.9. The van der Waals surface area contributed by atoms with Crippen LogP contribution in [0.3, 0.4) is 0 Å². The molecular formula is C15H23N7O. The number of rotatable bonds is 6. The van der Waals surface area contributed by atoms with Gasteiger partial charge in [-0.1, -0.05) is 0 Å². The van der Waals surface area contributed by atoms with Gasteiger partial charge in [-0.05, 0) is 43.7 Å². The van der Waals surface area contributed by atoms with Gasteiger partial charge in [0, 0.05) is 25.7 Å². The molecule has 0 bridgehead atoms. The predicted molar refractivity (Wildman–Crippen MR) is 83.8 cm³/mol. The largest absolute Gasteiger partial charge is 0.294 e. The topological polar surface area (TPSA) is 81.7 Å². The van der Waals surface area contributed by atoms with Crippen LogP contribution >= 0.6 is 0 Å². The molecule has 124 valence electrons. The zero-order valence-electron chi connectivity index (χ0n) is 13.9. The third-order valence-corrected chi connectivity index (χ3v) is 4.34. The SMILES string of the molecule is CC(C)n1nnnc1CN1CCC[C@H]1CC(=O)c1cnn(C)c1. The van der Waals surface area contributed by atoms with E-state index in [0.29, 0.717) is 18.5 Å². The fourth-order valence-electron chi connectivity index (χ4n) is 3.13. The number of hydrogen-bond acceptors (Lipinski definition) is 6. The number of aryl methyl sites for hydroxylation is 1. The van der Waals surface area contributed by atoms with E-state index in [9.17, 15) is 4.79 Å². The van der Waals surface area contributed by atoms with Gasteiger partial charge in [-0.2, -0.15) is 5.10 Å². The van der Waals surface area contributed by atoms with E-state index in [1.807, 2.05) is 11.7 Å². The smallest absolute Gasteiger partial charge is 0.167 e. The van der Waals surface area contributed by atoms with Crippen LogP contribution in [0.25, 0.3) is 0 Å². The molecule has 23 heavy (non-hydrogen) atoms. The average molecular weight is 317 g/mol. The van der Waals surface area contributed by atoms with E-state index in [-0.39, 0.29) is 17.9 Å². The highest BCUT2D eigenvalue weighted by Crippen LogP contribution is 2.23. The quantitative estimate of drug-likeness (QED) is 0.745. The summed E-state index contributed by atoms with van der Waals surface area (Å²) in [6, 6.07) is 0.484. The average Bonchev–Trinajstić information content (AvgIpc) is 3.21. The number of hydrogen-bond donors (Lipinski definition) is 0. The van der Waals surface area contributed by atoms with Gasteiger partial charge in [-0.15, -0.1) is 5.10 Å². The van der Waals surface area contributed by atoms with Crippen molar-refractivity contribution >= 4 is 5.78 Å². The van der Waals surface area contributed by atoms with E-state index >= 15 is 0 Å². The van der Waals surface area contributed by atoms with Gasteiger partial charge < -0.3 is 0 Å². The van der Waals surface area contributed by atoms with Crippen molar-refractivity contribution in [3.05, 3.63) is 23.8 Å². The Balaban J connectivity index is 1.66. The van der Waals surface area contributed by atoms with Crippen molar-refractivity contribution in [1.29, 1.82) is 0 Å². The Labute approximate surface area is 135 Å². The molecule has 1 atom stereocenters. The fourth-order valence-corrected chi connectivity index (χ4v) is 3.13. The number of ketones is 1. The second kappa shape index (κ2) is 6.57. The van der Waals surface area contributed by atoms with E-state index in [1.165, 1.54) is 0 Å². The molecule has 1 fully saturated rings. The van der Waals surface area contributed by atoms with Crippen molar-refractivity contribution in [3.63, 3.8) is 0 Å². The molecule has 1 aliphatic heterocycles. The molecule has 1 aliphatic rings. The molecule has 0 unspecified atom stereocenters. The third-order valence-electron chi connectivity index (χ3n) is 4.34. The lowest BCUT2D eigenvalue weighted by molar-refractivity contribution is 0.0936. The fraction of sp³-hybridized carbons (Fsp3) is 0.667. The maximum Gasteiger partial charge on any atom is 0.167 e. The number of carbonyl (C=O) groups is 1. The Hall–Kier alpha value is -2.09. The van der Waals surface area contributed by atoms with Gasteiger partial charge in [0.15, 0.2) is 11.6 Å². The van der Waals surface area contributed by atoms with Crippen LogP contribution in [0.1, 0.15) is 55.3 Å². The van der Waals surface area contributed by atoms with Crippen molar-refractivity contribution in [2.24, 2.45) is 7.05 Å². The summed E-state index contributed by atoms with van der Waals surface area (Å²) in [6.07, 6.45) is 6.08. The molecule has 8 nitrogen and oxygen atoms in total. The molecule has 2 aromatic rings. The summed E-state index contributed by atoms with van der Waals surface area (Å²) in [5.41, 5.74) is 0.686. The van der Waals surface area contributed by atoms with E-state index in [1.54, 1.807) is 17.1 Å². The molecule has 8 heteroatoms. The van der Waals surface area contributed by atoms with Crippen LogP contribution < -0.4 is 0 Å². The van der Waals surface area contributed by atoms with Crippen LogP contribution in [-0.4, -0.2) is 53.3 Å². The molecule has 0 amide bonds. The van der Waals surface area contributed by atoms with Gasteiger partial charge in [0.25, 0.3) is 0 Å². The Kier molecular flexibility index (Phi) is 4.51. The van der Waals surface area contributed by atoms with Gasteiger partial charge in [0.05, 0.1) is 24.3 Å². The highest BCUT2D eigenvalue weighted by atomic mass is 16.1. The Morgan fingerprint density at radius 1 is 1.43 bits per heavy atom. The Bertz CT molecular complexity index is 675. The first-order valence-electron chi connectivity index (χ1n) is 8.07. The molecule has 0 aliphatic carbocycles. The number of aromatic nitrogens is 6. The molecule has 0 N–H and O–H groups in total. The molecule has 3 heterocycles. The van der Waals surface area contributed by atoms with E-state index in [0.717, 1.165) is 25.2 Å². The summed E-state index contributed by atoms with van der Waals surface area (Å²) < 4.78 is 3.51. The van der Waals surface area contributed by atoms with Crippen LogP contribution in [0.4, 0.5) is 0 Å². The summed E-state index contributed by atoms with van der Waals surface area (Å²) >= 11 is 0. The summed E-state index contributed by atoms with van der Waals surface area (Å²) in [5.74, 6) is 1.01. The first-order chi connectivity index (χ1) is 11.0. The lowest BCUT2D eigenvalue weighted by atomic mass is 10.0. The zero-order valence-corrected chi connectivity index (χ0v) is 13.9. The second-order valence-corrected chi connectivity index (χ2v) is 6.43. The lowest BCUT2D eigenvalue weighted by Gasteiger charge is -2.23. The molecular weight excluding hydrogens is 294 g/mol. The molecule has 3 rings (SSSR count). The Morgan fingerprint density at radius 3 is 2.96 bits per heavy atom. The van der Waals surface area contributed by atoms with Crippen molar-refractivity contribution in [3.8, 4) is 0 Å². The van der Waals surface area contributed by atoms with E-state index < -0.39 is 0 Å². The summed E-state index contributed by atoms with van der Waals surface area (Å²) in [5, 5.41) is 16.0. The number of nitrogens with zero attached hydrogens (tertiary/aromatic N) is 7. The van der Waals surface area contributed by atoms with Gasteiger partial charge in [-0.25, -0.2) is 4.68 Å². The van der Waals surface area contributed by atoms with Crippen molar-refractivity contribution in [2.45, 2.75) is 51.7 Å². The third kappa shape index (κ3) is 3.47. The molecule has 1 saturated heterocycles. The maximum atomic E-state index is 12.4. The molecule has 0 aromatic carbocycles. The first-order valence-corrected chi connectivity index (χ1v) is 8.07. The van der Waals surface area contributed by atoms with Gasteiger partial charge in [0.2, 0.25) is 0 Å². The molecule has 0 saturated carbocycles. The minimum Gasteiger partial charge on any atom is -0.294 e. The standard InChI is InChI=1S/C15H23N7O/c1-11(2)22-15(17-18-19-22)10-21-6-4-5-13(21)7-14(23)12-8-16-20(3)9-12/h8-9,11,13H,4-7,10H2,1-3H3/t13-/m0/s1. The molecule has 0 radical (unpaired) electrons. The summed E-state index contributed by atoms with van der Waals surface area (Å²) in [4.78, 5) is 14.7. The van der Waals surface area contributed by atoms with Crippen LogP contribution in [0, 0.1) is 0 Å². The minimum absolute atomic E-state index is 0.151. The van der Waals surface area contributed by atoms with Gasteiger partial charge in [-0.3, -0.25) is 14.4 Å². The Morgan fingerprint density at radius 2 is 2.26 bits per heavy atom.